The number of hydrogen-bond donors (Lipinski definition) is 1. The maximum atomic E-state index is 11.2. The number of likely N-dealkylation sites (N-methyl/N-ethyl adjacent to an activating group) is 1. The average molecular weight is 506 g/mol. The molecule has 2 aromatic carbocycles. The molecule has 0 aliphatic carbocycles. The smallest absolute Gasteiger partial charge is 0.119 e. The lowest BCUT2D eigenvalue weighted by atomic mass is 9.84. The van der Waals surface area contributed by atoms with Crippen molar-refractivity contribution in [2.45, 2.75) is 24.9 Å². The van der Waals surface area contributed by atoms with Crippen LogP contribution in [0.1, 0.15) is 36.0 Å². The molecule has 36 heavy (non-hydrogen) atoms. The molecule has 0 unspecified atom stereocenters. The fourth-order valence-corrected chi connectivity index (χ4v) is 4.74. The third-order valence-corrected chi connectivity index (χ3v) is 7.04. The second-order valence-corrected chi connectivity index (χ2v) is 10.1. The molecule has 0 saturated carbocycles. The molecular formula is C30H36ClN3O2. The quantitative estimate of drug-likeness (QED) is 0.395. The Labute approximate surface area is 220 Å². The maximum Gasteiger partial charge on any atom is 0.119 e. The van der Waals surface area contributed by atoms with Crippen LogP contribution in [0.3, 0.4) is 0 Å². The summed E-state index contributed by atoms with van der Waals surface area (Å²) < 4.78 is 5.98. The van der Waals surface area contributed by atoms with Crippen molar-refractivity contribution in [1.82, 2.24) is 14.8 Å². The zero-order valence-corrected chi connectivity index (χ0v) is 22.0. The fourth-order valence-electron chi connectivity index (χ4n) is 4.61. The summed E-state index contributed by atoms with van der Waals surface area (Å²) in [6.07, 6.45) is 8.38. The highest BCUT2D eigenvalue weighted by Crippen LogP contribution is 2.33. The number of pyridine rings is 1. The number of piperidine rings is 1. The first-order valence-corrected chi connectivity index (χ1v) is 13.0. The van der Waals surface area contributed by atoms with Crippen LogP contribution in [0.2, 0.25) is 5.02 Å². The molecule has 0 bridgehead atoms. The third kappa shape index (κ3) is 7.17. The molecule has 0 radical (unpaired) electrons. The first kappa shape index (κ1) is 26.4. The second kappa shape index (κ2) is 12.5. The molecule has 2 heterocycles. The normalized spacial score (nSPS) is 16.3. The van der Waals surface area contributed by atoms with Crippen molar-refractivity contribution in [1.29, 1.82) is 0 Å². The van der Waals surface area contributed by atoms with Gasteiger partial charge in [0.25, 0.3) is 0 Å². The molecule has 1 aliphatic heterocycles. The van der Waals surface area contributed by atoms with E-state index >= 15 is 0 Å². The van der Waals surface area contributed by atoms with Crippen molar-refractivity contribution in [3.05, 3.63) is 101 Å². The Kier molecular flexibility index (Phi) is 9.16. The Hall–Kier alpha value is -2.70. The molecule has 0 spiro atoms. The lowest BCUT2D eigenvalue weighted by Gasteiger charge is -2.38. The summed E-state index contributed by atoms with van der Waals surface area (Å²) >= 11 is 6.02. The Morgan fingerprint density at radius 3 is 2.53 bits per heavy atom. The molecule has 1 N–H and O–H groups in total. The number of hydrogen-bond acceptors (Lipinski definition) is 5. The van der Waals surface area contributed by atoms with Crippen LogP contribution in [0.15, 0.2) is 79.1 Å². The lowest BCUT2D eigenvalue weighted by Crippen LogP contribution is -2.42. The van der Waals surface area contributed by atoms with Gasteiger partial charge in [-0.2, -0.15) is 0 Å². The van der Waals surface area contributed by atoms with Crippen molar-refractivity contribution >= 4 is 17.2 Å². The van der Waals surface area contributed by atoms with Crippen molar-refractivity contribution in [3.63, 3.8) is 0 Å². The molecule has 190 valence electrons. The standard InChI is InChI=1S/C30H36ClN3O2/c1-33(2)20-21-36-28-8-3-6-24(22-28)29(25-7-4-16-32-23-25)9-5-17-34-18-14-30(35,15-19-34)26-10-12-27(31)13-11-26/h3-4,6-13,16,22-23,35H,5,14-15,17-21H2,1-2H3/b29-9-. The van der Waals surface area contributed by atoms with Crippen LogP contribution in [0.5, 0.6) is 5.75 Å². The Bertz CT molecular complexity index is 1120. The van der Waals surface area contributed by atoms with Gasteiger partial charge in [-0.15, -0.1) is 0 Å². The van der Waals surface area contributed by atoms with E-state index in [1.807, 2.05) is 62.8 Å². The van der Waals surface area contributed by atoms with Gasteiger partial charge in [0, 0.05) is 49.2 Å². The second-order valence-electron chi connectivity index (χ2n) is 9.71. The number of halogens is 1. The summed E-state index contributed by atoms with van der Waals surface area (Å²) in [5.74, 6) is 0.877. The van der Waals surface area contributed by atoms with Gasteiger partial charge in [-0.1, -0.05) is 48.0 Å². The van der Waals surface area contributed by atoms with Gasteiger partial charge in [0.1, 0.15) is 12.4 Å². The highest BCUT2D eigenvalue weighted by molar-refractivity contribution is 6.30. The molecule has 1 aliphatic rings. The van der Waals surface area contributed by atoms with Crippen LogP contribution in [-0.4, -0.2) is 66.8 Å². The summed E-state index contributed by atoms with van der Waals surface area (Å²) in [4.78, 5) is 8.89. The van der Waals surface area contributed by atoms with Crippen molar-refractivity contribution < 1.29 is 9.84 Å². The largest absolute Gasteiger partial charge is 0.492 e. The SMILES string of the molecule is CN(C)CCOc1cccc(/C(=C/CCN2CCC(O)(c3ccc(Cl)cc3)CC2)c2cccnc2)c1. The Morgan fingerprint density at radius 2 is 1.83 bits per heavy atom. The molecule has 1 fully saturated rings. The molecule has 5 nitrogen and oxygen atoms in total. The zero-order valence-electron chi connectivity index (χ0n) is 21.2. The van der Waals surface area contributed by atoms with Gasteiger partial charge < -0.3 is 19.6 Å². The van der Waals surface area contributed by atoms with Crippen LogP contribution < -0.4 is 4.74 Å². The predicted octanol–water partition coefficient (Wildman–Crippen LogP) is 5.48. The van der Waals surface area contributed by atoms with E-state index in [0.717, 1.165) is 73.5 Å². The molecular weight excluding hydrogens is 470 g/mol. The first-order valence-electron chi connectivity index (χ1n) is 12.6. The molecule has 0 amide bonds. The fraction of sp³-hybridized carbons (Fsp3) is 0.367. The van der Waals surface area contributed by atoms with Crippen LogP contribution >= 0.6 is 11.6 Å². The van der Waals surface area contributed by atoms with Crippen molar-refractivity contribution in [3.8, 4) is 5.75 Å². The monoisotopic (exact) mass is 505 g/mol. The minimum Gasteiger partial charge on any atom is -0.492 e. The minimum absolute atomic E-state index is 0.653. The van der Waals surface area contributed by atoms with Crippen LogP contribution in [0.4, 0.5) is 0 Å². The number of rotatable bonds is 10. The summed E-state index contributed by atoms with van der Waals surface area (Å²) in [6, 6.07) is 20.0. The number of aliphatic hydroxyl groups is 1. The Morgan fingerprint density at radius 1 is 1.08 bits per heavy atom. The maximum absolute atomic E-state index is 11.2. The van der Waals surface area contributed by atoms with E-state index in [1.165, 1.54) is 0 Å². The number of likely N-dealkylation sites (tertiary alicyclic amines) is 1. The third-order valence-electron chi connectivity index (χ3n) is 6.78. The summed E-state index contributed by atoms with van der Waals surface area (Å²) in [5.41, 5.74) is 3.57. The molecule has 4 rings (SSSR count). The highest BCUT2D eigenvalue weighted by atomic mass is 35.5. The van der Waals surface area contributed by atoms with E-state index in [2.05, 4.69) is 39.1 Å². The minimum atomic E-state index is -0.773. The zero-order chi connectivity index (χ0) is 25.4. The van der Waals surface area contributed by atoms with Gasteiger partial charge in [-0.05, 0) is 80.4 Å². The average Bonchev–Trinajstić information content (AvgIpc) is 2.88. The molecule has 0 atom stereocenters. The van der Waals surface area contributed by atoms with Gasteiger partial charge in [0.15, 0.2) is 0 Å². The van der Waals surface area contributed by atoms with Crippen LogP contribution in [-0.2, 0) is 5.60 Å². The van der Waals surface area contributed by atoms with Gasteiger partial charge in [0.05, 0.1) is 5.60 Å². The summed E-state index contributed by atoms with van der Waals surface area (Å²) in [5, 5.41) is 11.9. The lowest BCUT2D eigenvalue weighted by molar-refractivity contribution is -0.0254. The predicted molar refractivity (Wildman–Crippen MR) is 147 cm³/mol. The molecule has 1 aromatic heterocycles. The van der Waals surface area contributed by atoms with Crippen LogP contribution in [0, 0.1) is 0 Å². The topological polar surface area (TPSA) is 48.8 Å². The van der Waals surface area contributed by atoms with Crippen LogP contribution in [0.25, 0.3) is 5.57 Å². The van der Waals surface area contributed by atoms with Crippen molar-refractivity contribution in [2.75, 3.05) is 46.9 Å². The van der Waals surface area contributed by atoms with Crippen molar-refractivity contribution in [2.24, 2.45) is 0 Å². The first-order chi connectivity index (χ1) is 17.4. The van der Waals surface area contributed by atoms with E-state index in [0.29, 0.717) is 11.6 Å². The van der Waals surface area contributed by atoms with Gasteiger partial charge in [0.2, 0.25) is 0 Å². The highest BCUT2D eigenvalue weighted by Gasteiger charge is 2.33. The van der Waals surface area contributed by atoms with E-state index in [-0.39, 0.29) is 0 Å². The molecule has 6 heteroatoms. The van der Waals surface area contributed by atoms with Gasteiger partial charge >= 0.3 is 0 Å². The number of aromatic nitrogens is 1. The summed E-state index contributed by atoms with van der Waals surface area (Å²) in [6.45, 7) is 4.20. The van der Waals surface area contributed by atoms with Gasteiger partial charge in [-0.3, -0.25) is 4.98 Å². The molecule has 3 aromatic rings. The number of nitrogens with zero attached hydrogens (tertiary/aromatic N) is 3. The van der Waals surface area contributed by atoms with E-state index in [4.69, 9.17) is 16.3 Å². The number of ether oxygens (including phenoxy) is 1. The van der Waals surface area contributed by atoms with E-state index in [1.54, 1.807) is 6.20 Å². The van der Waals surface area contributed by atoms with E-state index in [9.17, 15) is 5.11 Å². The number of benzene rings is 2. The van der Waals surface area contributed by atoms with E-state index < -0.39 is 5.60 Å². The Balaban J connectivity index is 1.41. The summed E-state index contributed by atoms with van der Waals surface area (Å²) in [7, 11) is 4.09. The van der Waals surface area contributed by atoms with Gasteiger partial charge in [-0.25, -0.2) is 0 Å². The molecule has 1 saturated heterocycles.